The normalized spacial score (nSPS) is 18.5. The van der Waals surface area contributed by atoms with Crippen LogP contribution >= 0.6 is 0 Å². The Bertz CT molecular complexity index is 1070. The second-order valence-corrected chi connectivity index (χ2v) is 8.12. The average Bonchev–Trinajstić information content (AvgIpc) is 3.39. The van der Waals surface area contributed by atoms with E-state index in [0.717, 1.165) is 41.3 Å². The van der Waals surface area contributed by atoms with E-state index < -0.39 is 0 Å². The van der Waals surface area contributed by atoms with Crippen molar-refractivity contribution in [2.75, 3.05) is 7.05 Å². The van der Waals surface area contributed by atoms with E-state index in [2.05, 4.69) is 28.6 Å². The topological polar surface area (TPSA) is 67.2 Å². The van der Waals surface area contributed by atoms with Crippen LogP contribution in [0, 0.1) is 0 Å². The van der Waals surface area contributed by atoms with Gasteiger partial charge in [-0.05, 0) is 48.6 Å². The molecule has 0 radical (unpaired) electrons. The van der Waals surface area contributed by atoms with Gasteiger partial charge in [-0.15, -0.1) is 0 Å². The molecule has 6 nitrogen and oxygen atoms in total. The summed E-state index contributed by atoms with van der Waals surface area (Å²) in [6.07, 6.45) is 5.01. The molecule has 1 aliphatic rings. The first-order valence-corrected chi connectivity index (χ1v) is 10.5. The van der Waals surface area contributed by atoms with Gasteiger partial charge in [0.1, 0.15) is 0 Å². The van der Waals surface area contributed by atoms with E-state index in [0.29, 0.717) is 12.0 Å². The van der Waals surface area contributed by atoms with Gasteiger partial charge >= 0.3 is 0 Å². The minimum atomic E-state index is 0.0242. The fraction of sp³-hybridized carbons (Fsp3) is 0.375. The van der Waals surface area contributed by atoms with E-state index in [1.165, 1.54) is 0 Å². The van der Waals surface area contributed by atoms with E-state index in [1.54, 1.807) is 0 Å². The molecular weight excluding hydrogens is 376 g/mol. The highest BCUT2D eigenvalue weighted by molar-refractivity contribution is 5.95. The van der Waals surface area contributed by atoms with Crippen LogP contribution in [0.25, 0.3) is 22.0 Å². The van der Waals surface area contributed by atoms with Crippen molar-refractivity contribution in [3.05, 3.63) is 54.2 Å². The van der Waals surface area contributed by atoms with Gasteiger partial charge in [0.2, 0.25) is 5.91 Å². The van der Waals surface area contributed by atoms with E-state index in [1.807, 2.05) is 61.1 Å². The Morgan fingerprint density at radius 1 is 1.13 bits per heavy atom. The molecule has 1 fully saturated rings. The van der Waals surface area contributed by atoms with Crippen LogP contribution in [-0.2, 0) is 11.8 Å². The zero-order valence-electron chi connectivity index (χ0n) is 17.8. The van der Waals surface area contributed by atoms with Crippen LogP contribution in [0.3, 0.4) is 0 Å². The minimum Gasteiger partial charge on any atom is -0.353 e. The Morgan fingerprint density at radius 2 is 1.87 bits per heavy atom. The van der Waals surface area contributed by atoms with Crippen molar-refractivity contribution in [2.45, 2.75) is 44.7 Å². The molecule has 1 N–H and O–H groups in total. The number of carbonyl (C=O) groups is 2. The van der Waals surface area contributed by atoms with Crippen molar-refractivity contribution in [2.24, 2.45) is 7.05 Å². The molecule has 1 saturated carbocycles. The van der Waals surface area contributed by atoms with Gasteiger partial charge < -0.3 is 10.2 Å². The van der Waals surface area contributed by atoms with Crippen molar-refractivity contribution in [3.8, 4) is 11.1 Å². The molecule has 1 aliphatic carbocycles. The van der Waals surface area contributed by atoms with Crippen LogP contribution in [0.1, 0.15) is 43.0 Å². The summed E-state index contributed by atoms with van der Waals surface area (Å²) >= 11 is 0. The van der Waals surface area contributed by atoms with Gasteiger partial charge in [-0.2, -0.15) is 5.10 Å². The summed E-state index contributed by atoms with van der Waals surface area (Å²) in [5.74, 6) is 0.102. The predicted octanol–water partition coefficient (Wildman–Crippen LogP) is 3.76. The summed E-state index contributed by atoms with van der Waals surface area (Å²) in [5, 5.41) is 8.45. The Labute approximate surface area is 176 Å². The zero-order chi connectivity index (χ0) is 21.3. The molecule has 0 saturated heterocycles. The molecule has 1 heterocycles. The lowest BCUT2D eigenvalue weighted by Crippen LogP contribution is -2.38. The number of fused-ring (bicyclic) bond motifs is 1. The van der Waals surface area contributed by atoms with Crippen molar-refractivity contribution in [1.29, 1.82) is 0 Å². The highest BCUT2D eigenvalue weighted by Crippen LogP contribution is 2.27. The second-order valence-electron chi connectivity index (χ2n) is 8.12. The maximum absolute atomic E-state index is 13.0. The largest absolute Gasteiger partial charge is 0.353 e. The quantitative estimate of drug-likeness (QED) is 0.704. The summed E-state index contributed by atoms with van der Waals surface area (Å²) in [4.78, 5) is 26.4. The smallest absolute Gasteiger partial charge is 0.253 e. The standard InChI is InChI=1S/C24H28N4O2/c1-4-23(29)26-20-11-12-21(14-20)27(2)24(30)17-7-5-16(6-8-17)18-9-10-19-15-25-28(3)22(19)13-18/h5-10,13,15,20-21H,4,11-12,14H2,1-3H3,(H,26,29)/t20-,21+/m0/s1. The monoisotopic (exact) mass is 404 g/mol. The Morgan fingerprint density at radius 3 is 2.60 bits per heavy atom. The number of rotatable bonds is 5. The molecular formula is C24H28N4O2. The molecule has 6 heteroatoms. The molecule has 156 valence electrons. The van der Waals surface area contributed by atoms with Gasteiger partial charge in [-0.1, -0.05) is 31.2 Å². The summed E-state index contributed by atoms with van der Waals surface area (Å²) in [5.41, 5.74) is 3.94. The van der Waals surface area contributed by atoms with E-state index in [9.17, 15) is 9.59 Å². The van der Waals surface area contributed by atoms with Crippen LogP contribution in [0.15, 0.2) is 48.7 Å². The molecule has 30 heavy (non-hydrogen) atoms. The number of aromatic nitrogens is 2. The summed E-state index contributed by atoms with van der Waals surface area (Å²) in [6, 6.07) is 14.4. The number of hydrogen-bond acceptors (Lipinski definition) is 3. The van der Waals surface area contributed by atoms with Crippen LogP contribution in [-0.4, -0.2) is 45.6 Å². The van der Waals surface area contributed by atoms with E-state index in [-0.39, 0.29) is 23.9 Å². The molecule has 0 aliphatic heterocycles. The van der Waals surface area contributed by atoms with Crippen molar-refractivity contribution >= 4 is 22.7 Å². The fourth-order valence-corrected chi connectivity index (χ4v) is 4.27. The number of hydrogen-bond donors (Lipinski definition) is 1. The van der Waals surface area contributed by atoms with Crippen molar-refractivity contribution in [3.63, 3.8) is 0 Å². The van der Waals surface area contributed by atoms with Gasteiger partial charge in [0.15, 0.2) is 0 Å². The molecule has 2 amide bonds. The molecule has 0 spiro atoms. The molecule has 0 bridgehead atoms. The van der Waals surface area contributed by atoms with Gasteiger partial charge in [0, 0.05) is 43.5 Å². The van der Waals surface area contributed by atoms with Gasteiger partial charge in [-0.25, -0.2) is 0 Å². The van der Waals surface area contributed by atoms with Gasteiger partial charge in [-0.3, -0.25) is 14.3 Å². The van der Waals surface area contributed by atoms with Crippen LogP contribution in [0.2, 0.25) is 0 Å². The zero-order valence-corrected chi connectivity index (χ0v) is 17.8. The average molecular weight is 405 g/mol. The lowest BCUT2D eigenvalue weighted by molar-refractivity contribution is -0.121. The minimum absolute atomic E-state index is 0.0242. The van der Waals surface area contributed by atoms with Gasteiger partial charge in [0.05, 0.1) is 11.7 Å². The third-order valence-electron chi connectivity index (χ3n) is 6.17. The SMILES string of the molecule is CCC(=O)N[C@H]1CC[C@@H](N(C)C(=O)c2ccc(-c3ccc4cnn(C)c4c3)cc2)C1. The highest BCUT2D eigenvalue weighted by atomic mass is 16.2. The van der Waals surface area contributed by atoms with Crippen LogP contribution < -0.4 is 5.32 Å². The first kappa shape index (κ1) is 20.1. The molecule has 2 atom stereocenters. The maximum atomic E-state index is 13.0. The number of nitrogens with zero attached hydrogens (tertiary/aromatic N) is 3. The molecule has 1 aromatic heterocycles. The Hall–Kier alpha value is -3.15. The van der Waals surface area contributed by atoms with Crippen molar-refractivity contribution < 1.29 is 9.59 Å². The third-order valence-corrected chi connectivity index (χ3v) is 6.17. The summed E-state index contributed by atoms with van der Waals surface area (Å²) < 4.78 is 1.86. The summed E-state index contributed by atoms with van der Waals surface area (Å²) in [7, 11) is 3.80. The van der Waals surface area contributed by atoms with E-state index in [4.69, 9.17) is 0 Å². The third kappa shape index (κ3) is 3.95. The Kier molecular flexibility index (Phi) is 5.57. The Balaban J connectivity index is 1.44. The van der Waals surface area contributed by atoms with Crippen molar-refractivity contribution in [1.82, 2.24) is 20.0 Å². The van der Waals surface area contributed by atoms with Crippen LogP contribution in [0.5, 0.6) is 0 Å². The van der Waals surface area contributed by atoms with Gasteiger partial charge in [0.25, 0.3) is 5.91 Å². The fourth-order valence-electron chi connectivity index (χ4n) is 4.27. The first-order valence-electron chi connectivity index (χ1n) is 10.5. The highest BCUT2D eigenvalue weighted by Gasteiger charge is 2.30. The number of benzene rings is 2. The maximum Gasteiger partial charge on any atom is 0.253 e. The number of nitrogens with one attached hydrogen (secondary N) is 1. The molecule has 2 aromatic carbocycles. The lowest BCUT2D eigenvalue weighted by atomic mass is 10.0. The second kappa shape index (κ2) is 8.30. The molecule has 3 aromatic rings. The predicted molar refractivity (Wildman–Crippen MR) is 118 cm³/mol. The molecule has 0 unspecified atom stereocenters. The van der Waals surface area contributed by atoms with Crippen LogP contribution in [0.4, 0.5) is 0 Å². The van der Waals surface area contributed by atoms with E-state index >= 15 is 0 Å². The summed E-state index contributed by atoms with van der Waals surface area (Å²) in [6.45, 7) is 1.86. The first-order chi connectivity index (χ1) is 14.5. The number of aryl methyl sites for hydroxylation is 1. The molecule has 4 rings (SSSR count). The lowest BCUT2D eigenvalue weighted by Gasteiger charge is -2.25. The number of carbonyl (C=O) groups excluding carboxylic acids is 2. The number of amides is 2.